The van der Waals surface area contributed by atoms with Crippen LogP contribution in [-0.4, -0.2) is 67.1 Å². The zero-order valence-electron chi connectivity index (χ0n) is 13.3. The number of rotatable bonds is 2. The van der Waals surface area contributed by atoms with E-state index in [4.69, 9.17) is 0 Å². The molecule has 23 heavy (non-hydrogen) atoms. The third-order valence-electron chi connectivity index (χ3n) is 5.12. The minimum atomic E-state index is 0.0289. The van der Waals surface area contributed by atoms with Crippen LogP contribution in [0.2, 0.25) is 0 Å². The summed E-state index contributed by atoms with van der Waals surface area (Å²) in [6.07, 6.45) is 0. The Kier molecular flexibility index (Phi) is 3.81. The van der Waals surface area contributed by atoms with Crippen molar-refractivity contribution in [1.29, 1.82) is 0 Å². The topological polar surface area (TPSA) is 43.9 Å². The number of carbonyl (C=O) groups is 2. The molecule has 2 fully saturated rings. The Morgan fingerprint density at radius 2 is 1.87 bits per heavy atom. The van der Waals surface area contributed by atoms with Gasteiger partial charge in [-0.1, -0.05) is 12.1 Å². The van der Waals surface area contributed by atoms with Gasteiger partial charge < -0.3 is 14.7 Å². The zero-order chi connectivity index (χ0) is 16.0. The summed E-state index contributed by atoms with van der Waals surface area (Å²) in [7, 11) is 2.14. The molecule has 0 bridgehead atoms. The Morgan fingerprint density at radius 1 is 1.17 bits per heavy atom. The van der Waals surface area contributed by atoms with Crippen LogP contribution in [0.1, 0.15) is 0 Å². The van der Waals surface area contributed by atoms with Crippen LogP contribution in [0.4, 0.5) is 5.69 Å². The van der Waals surface area contributed by atoms with Crippen LogP contribution in [-0.2, 0) is 9.59 Å². The van der Waals surface area contributed by atoms with Gasteiger partial charge in [-0.3, -0.25) is 9.59 Å². The molecule has 3 aliphatic rings. The van der Waals surface area contributed by atoms with Crippen molar-refractivity contribution >= 4 is 29.3 Å². The number of benzene rings is 1. The molecule has 0 unspecified atom stereocenters. The lowest BCUT2D eigenvalue weighted by Gasteiger charge is -2.30. The largest absolute Gasteiger partial charge is 0.340 e. The molecule has 0 saturated carbocycles. The predicted molar refractivity (Wildman–Crippen MR) is 90.6 cm³/mol. The maximum absolute atomic E-state index is 12.7. The second kappa shape index (κ2) is 5.83. The molecule has 2 amide bonds. The van der Waals surface area contributed by atoms with Gasteiger partial charge in [0.05, 0.1) is 11.4 Å². The van der Waals surface area contributed by atoms with Crippen molar-refractivity contribution < 1.29 is 9.59 Å². The lowest BCUT2D eigenvalue weighted by molar-refractivity contribution is -0.130. The lowest BCUT2D eigenvalue weighted by Crippen LogP contribution is -2.45. The van der Waals surface area contributed by atoms with Crippen molar-refractivity contribution in [2.45, 2.75) is 4.90 Å². The van der Waals surface area contributed by atoms with Crippen molar-refractivity contribution in [3.05, 3.63) is 24.3 Å². The molecular weight excluding hydrogens is 310 g/mol. The van der Waals surface area contributed by atoms with Crippen molar-refractivity contribution in [1.82, 2.24) is 9.80 Å². The van der Waals surface area contributed by atoms with Gasteiger partial charge >= 0.3 is 0 Å². The molecule has 0 aromatic heterocycles. The van der Waals surface area contributed by atoms with Gasteiger partial charge in [-0.2, -0.15) is 0 Å². The van der Waals surface area contributed by atoms with Crippen LogP contribution in [0.5, 0.6) is 0 Å². The minimum Gasteiger partial charge on any atom is -0.340 e. The standard InChI is InChI=1S/C17H21N3O2S/c1-18-6-12-8-19(9-13(12)7-18)16(21)10-20-14-4-2-3-5-15(14)23-11-17(20)22/h2-5,12-13H,6-11H2,1H3/t12-,13+. The third kappa shape index (κ3) is 2.74. The van der Waals surface area contributed by atoms with Crippen LogP contribution in [0.15, 0.2) is 29.2 Å². The van der Waals surface area contributed by atoms with Crippen molar-refractivity contribution in [3.63, 3.8) is 0 Å². The summed E-state index contributed by atoms with van der Waals surface area (Å²) in [5, 5.41) is 0. The summed E-state index contributed by atoms with van der Waals surface area (Å²) in [5.74, 6) is 1.73. The first-order valence-electron chi connectivity index (χ1n) is 8.10. The van der Waals surface area contributed by atoms with Gasteiger partial charge in [0.25, 0.3) is 0 Å². The summed E-state index contributed by atoms with van der Waals surface area (Å²) >= 11 is 1.55. The molecule has 1 aromatic rings. The maximum Gasteiger partial charge on any atom is 0.242 e. The average molecular weight is 331 g/mol. The molecule has 3 heterocycles. The third-order valence-corrected chi connectivity index (χ3v) is 6.17. The van der Waals surface area contributed by atoms with Crippen molar-refractivity contribution in [3.8, 4) is 0 Å². The first-order chi connectivity index (χ1) is 11.1. The van der Waals surface area contributed by atoms with E-state index < -0.39 is 0 Å². The SMILES string of the molecule is CN1C[C@@H]2CN(C(=O)CN3C(=O)CSc4ccccc43)C[C@@H]2C1. The van der Waals surface area contributed by atoms with Crippen molar-refractivity contribution in [2.75, 3.05) is 50.4 Å². The normalized spacial score (nSPS) is 27.3. The van der Waals surface area contributed by atoms with E-state index in [2.05, 4.69) is 11.9 Å². The Hall–Kier alpha value is -1.53. The van der Waals surface area contributed by atoms with Crippen molar-refractivity contribution in [2.24, 2.45) is 11.8 Å². The highest BCUT2D eigenvalue weighted by molar-refractivity contribution is 8.00. The van der Waals surface area contributed by atoms with E-state index in [0.29, 0.717) is 17.6 Å². The zero-order valence-corrected chi connectivity index (χ0v) is 14.1. The summed E-state index contributed by atoms with van der Waals surface area (Å²) in [5.41, 5.74) is 0.876. The van der Waals surface area contributed by atoms with E-state index in [1.54, 1.807) is 16.7 Å². The smallest absolute Gasteiger partial charge is 0.242 e. The Bertz CT molecular complexity index is 636. The molecular formula is C17H21N3O2S. The minimum absolute atomic E-state index is 0.0289. The molecule has 3 aliphatic heterocycles. The molecule has 4 rings (SSSR count). The van der Waals surface area contributed by atoms with Crippen LogP contribution >= 0.6 is 11.8 Å². The predicted octanol–water partition coefficient (Wildman–Crippen LogP) is 1.15. The maximum atomic E-state index is 12.7. The summed E-state index contributed by atoms with van der Waals surface area (Å²) < 4.78 is 0. The van der Waals surface area contributed by atoms with E-state index >= 15 is 0 Å². The Morgan fingerprint density at radius 3 is 2.61 bits per heavy atom. The highest BCUT2D eigenvalue weighted by atomic mass is 32.2. The van der Waals surface area contributed by atoms with Gasteiger partial charge in [-0.15, -0.1) is 11.8 Å². The summed E-state index contributed by atoms with van der Waals surface area (Å²) in [6.45, 7) is 4.01. The molecule has 0 radical (unpaired) electrons. The van der Waals surface area contributed by atoms with E-state index in [9.17, 15) is 9.59 Å². The fourth-order valence-corrected chi connectivity index (χ4v) is 4.93. The number of para-hydroxylation sites is 1. The molecule has 5 nitrogen and oxygen atoms in total. The van der Waals surface area contributed by atoms with E-state index in [0.717, 1.165) is 36.8 Å². The highest BCUT2D eigenvalue weighted by Gasteiger charge is 2.41. The Balaban J connectivity index is 1.46. The fraction of sp³-hybridized carbons (Fsp3) is 0.529. The number of thioether (sulfide) groups is 1. The molecule has 1 aromatic carbocycles. The molecule has 122 valence electrons. The summed E-state index contributed by atoms with van der Waals surface area (Å²) in [6, 6.07) is 7.84. The number of fused-ring (bicyclic) bond motifs is 2. The van der Waals surface area contributed by atoms with Gasteiger partial charge in [0.1, 0.15) is 6.54 Å². The van der Waals surface area contributed by atoms with Gasteiger partial charge in [0.15, 0.2) is 0 Å². The van der Waals surface area contributed by atoms with Crippen LogP contribution in [0, 0.1) is 11.8 Å². The first-order valence-corrected chi connectivity index (χ1v) is 9.09. The monoisotopic (exact) mass is 331 g/mol. The molecule has 2 atom stereocenters. The second-order valence-electron chi connectivity index (χ2n) is 6.78. The molecule has 0 aliphatic carbocycles. The van der Waals surface area contributed by atoms with Gasteiger partial charge in [-0.05, 0) is 31.0 Å². The van der Waals surface area contributed by atoms with E-state index in [-0.39, 0.29) is 18.4 Å². The number of amides is 2. The van der Waals surface area contributed by atoms with Crippen LogP contribution < -0.4 is 4.90 Å². The Labute approximate surface area is 140 Å². The van der Waals surface area contributed by atoms with E-state index in [1.807, 2.05) is 29.2 Å². The molecule has 2 saturated heterocycles. The second-order valence-corrected chi connectivity index (χ2v) is 7.79. The molecule has 0 N–H and O–H groups in total. The lowest BCUT2D eigenvalue weighted by atomic mass is 10.0. The summed E-state index contributed by atoms with van der Waals surface area (Å²) in [4.78, 5) is 32.0. The van der Waals surface area contributed by atoms with Crippen LogP contribution in [0.25, 0.3) is 0 Å². The van der Waals surface area contributed by atoms with Gasteiger partial charge in [-0.25, -0.2) is 0 Å². The number of nitrogens with zero attached hydrogens (tertiary/aromatic N) is 3. The van der Waals surface area contributed by atoms with Crippen LogP contribution in [0.3, 0.4) is 0 Å². The van der Waals surface area contributed by atoms with Gasteiger partial charge in [0, 0.05) is 31.1 Å². The number of hydrogen-bond acceptors (Lipinski definition) is 4. The first kappa shape index (κ1) is 15.0. The highest BCUT2D eigenvalue weighted by Crippen LogP contribution is 2.35. The number of carbonyl (C=O) groups excluding carboxylic acids is 2. The number of anilines is 1. The average Bonchev–Trinajstić information content (AvgIpc) is 3.07. The molecule has 6 heteroatoms. The number of likely N-dealkylation sites (tertiary alicyclic amines) is 2. The number of hydrogen-bond donors (Lipinski definition) is 0. The van der Waals surface area contributed by atoms with Gasteiger partial charge in [0.2, 0.25) is 11.8 Å². The van der Waals surface area contributed by atoms with E-state index in [1.165, 1.54) is 0 Å². The quantitative estimate of drug-likeness (QED) is 0.815. The fourth-order valence-electron chi connectivity index (χ4n) is 3.99. The molecule has 0 spiro atoms.